The van der Waals surface area contributed by atoms with E-state index in [4.69, 9.17) is 22.1 Å². The van der Waals surface area contributed by atoms with Gasteiger partial charge < -0.3 is 10.5 Å². The van der Waals surface area contributed by atoms with Gasteiger partial charge in [-0.1, -0.05) is 11.6 Å². The van der Waals surface area contributed by atoms with Gasteiger partial charge in [-0.05, 0) is 12.1 Å². The van der Waals surface area contributed by atoms with E-state index in [1.165, 1.54) is 0 Å². The Morgan fingerprint density at radius 1 is 1.41 bits per heavy atom. The normalized spacial score (nSPS) is 10.5. The summed E-state index contributed by atoms with van der Waals surface area (Å²) in [5, 5.41) is 0.487. The van der Waals surface area contributed by atoms with Gasteiger partial charge in [0.15, 0.2) is 5.82 Å². The van der Waals surface area contributed by atoms with Gasteiger partial charge in [-0.15, -0.1) is 0 Å². The lowest BCUT2D eigenvalue weighted by Crippen LogP contribution is -2.02. The first-order valence-corrected chi connectivity index (χ1v) is 5.32. The van der Waals surface area contributed by atoms with Crippen molar-refractivity contribution in [2.45, 2.75) is 6.61 Å². The number of hydrogen-bond donors (Lipinski definition) is 1. The predicted octanol–water partition coefficient (Wildman–Crippen LogP) is 1.92. The van der Waals surface area contributed by atoms with E-state index in [1.54, 1.807) is 31.5 Å². The predicted molar refractivity (Wildman–Crippen MR) is 65.4 cm³/mol. The third-order valence-corrected chi connectivity index (χ3v) is 2.37. The van der Waals surface area contributed by atoms with Gasteiger partial charge in [0, 0.05) is 19.4 Å². The quantitative estimate of drug-likeness (QED) is 0.901. The Balaban J connectivity index is 2.48. The van der Waals surface area contributed by atoms with Crippen LogP contribution in [0.4, 0.5) is 5.82 Å². The number of aromatic nitrogens is 3. The fourth-order valence-electron chi connectivity index (χ4n) is 1.40. The molecule has 0 aromatic carbocycles. The molecule has 0 aliphatic heterocycles. The Morgan fingerprint density at radius 3 is 2.94 bits per heavy atom. The fraction of sp³-hybridized carbons (Fsp3) is 0.182. The Bertz CT molecular complexity index is 533. The summed E-state index contributed by atoms with van der Waals surface area (Å²) in [5.41, 5.74) is 6.90. The Hall–Kier alpha value is -1.72. The summed E-state index contributed by atoms with van der Waals surface area (Å²) in [6, 6.07) is 5.13. The molecule has 5 nitrogen and oxygen atoms in total. The van der Waals surface area contributed by atoms with Crippen LogP contribution in [0.3, 0.4) is 0 Å². The van der Waals surface area contributed by atoms with Crippen molar-refractivity contribution in [1.82, 2.24) is 15.0 Å². The van der Waals surface area contributed by atoms with Crippen molar-refractivity contribution >= 4 is 17.4 Å². The van der Waals surface area contributed by atoms with Gasteiger partial charge in [0.2, 0.25) is 0 Å². The molecule has 0 aliphatic rings. The molecule has 0 fully saturated rings. The molecule has 2 rings (SSSR count). The summed E-state index contributed by atoms with van der Waals surface area (Å²) in [7, 11) is 1.59. The molecule has 0 aliphatic carbocycles. The maximum atomic E-state index is 6.03. The molecule has 0 atom stereocenters. The third kappa shape index (κ3) is 2.69. The van der Waals surface area contributed by atoms with Crippen molar-refractivity contribution in [3.63, 3.8) is 0 Å². The molecule has 0 amide bonds. The van der Waals surface area contributed by atoms with Crippen molar-refractivity contribution in [2.75, 3.05) is 12.8 Å². The summed E-state index contributed by atoms with van der Waals surface area (Å²) in [4.78, 5) is 12.5. The number of nitrogens with two attached hydrogens (primary N) is 1. The Labute approximate surface area is 104 Å². The van der Waals surface area contributed by atoms with E-state index in [1.807, 2.05) is 0 Å². The lowest BCUT2D eigenvalue weighted by molar-refractivity contribution is 0.181. The van der Waals surface area contributed by atoms with Gasteiger partial charge in [-0.3, -0.25) is 4.98 Å². The summed E-state index contributed by atoms with van der Waals surface area (Å²) >= 11 is 6.03. The highest BCUT2D eigenvalue weighted by atomic mass is 35.5. The van der Waals surface area contributed by atoms with Gasteiger partial charge in [0.05, 0.1) is 17.3 Å². The molecule has 0 saturated carbocycles. The van der Waals surface area contributed by atoms with Crippen LogP contribution < -0.4 is 5.73 Å². The van der Waals surface area contributed by atoms with Crippen LogP contribution >= 0.6 is 11.6 Å². The second-order valence-corrected chi connectivity index (χ2v) is 3.78. The SMILES string of the molecule is COCc1cc(N)nc(-c2ncccc2Cl)n1. The highest BCUT2D eigenvalue weighted by Crippen LogP contribution is 2.22. The largest absolute Gasteiger partial charge is 0.384 e. The van der Waals surface area contributed by atoms with Crippen molar-refractivity contribution in [2.24, 2.45) is 0 Å². The second kappa shape index (κ2) is 5.07. The van der Waals surface area contributed by atoms with E-state index in [2.05, 4.69) is 15.0 Å². The van der Waals surface area contributed by atoms with Crippen molar-refractivity contribution in [3.8, 4) is 11.5 Å². The number of ether oxygens (including phenoxy) is 1. The number of nitrogens with zero attached hydrogens (tertiary/aromatic N) is 3. The molecular formula is C11H11ClN4O. The molecule has 2 aromatic rings. The Kier molecular flexibility index (Phi) is 3.51. The Morgan fingerprint density at radius 2 is 2.24 bits per heavy atom. The van der Waals surface area contributed by atoms with E-state index in [-0.39, 0.29) is 0 Å². The highest BCUT2D eigenvalue weighted by Gasteiger charge is 2.09. The van der Waals surface area contributed by atoms with Crippen LogP contribution in [0.1, 0.15) is 5.69 Å². The summed E-state index contributed by atoms with van der Waals surface area (Å²) in [5.74, 6) is 0.770. The highest BCUT2D eigenvalue weighted by molar-refractivity contribution is 6.32. The molecular weight excluding hydrogens is 240 g/mol. The topological polar surface area (TPSA) is 73.9 Å². The molecule has 0 unspecified atom stereocenters. The number of nitrogen functional groups attached to an aromatic ring is 1. The summed E-state index contributed by atoms with van der Waals surface area (Å²) < 4.78 is 5.00. The summed E-state index contributed by atoms with van der Waals surface area (Å²) in [6.45, 7) is 0.365. The molecule has 2 aromatic heterocycles. The standard InChI is InChI=1S/C11H11ClN4O/c1-17-6-7-5-9(13)16-11(15-7)10-8(12)3-2-4-14-10/h2-5H,6H2,1H3,(H2,13,15,16). The zero-order valence-corrected chi connectivity index (χ0v) is 9.98. The van der Waals surface area contributed by atoms with Crippen LogP contribution in [0.2, 0.25) is 5.02 Å². The van der Waals surface area contributed by atoms with Crippen LogP contribution in [0.5, 0.6) is 0 Å². The van der Waals surface area contributed by atoms with Gasteiger partial charge >= 0.3 is 0 Å². The lowest BCUT2D eigenvalue weighted by atomic mass is 10.3. The number of rotatable bonds is 3. The van der Waals surface area contributed by atoms with E-state index >= 15 is 0 Å². The van der Waals surface area contributed by atoms with Crippen LogP contribution in [-0.2, 0) is 11.3 Å². The van der Waals surface area contributed by atoms with E-state index in [0.29, 0.717) is 34.7 Å². The van der Waals surface area contributed by atoms with E-state index in [9.17, 15) is 0 Å². The maximum Gasteiger partial charge on any atom is 0.182 e. The smallest absolute Gasteiger partial charge is 0.182 e. The number of hydrogen-bond acceptors (Lipinski definition) is 5. The first-order chi connectivity index (χ1) is 8.20. The second-order valence-electron chi connectivity index (χ2n) is 3.37. The number of pyridine rings is 1. The van der Waals surface area contributed by atoms with Crippen LogP contribution in [0.25, 0.3) is 11.5 Å². The molecule has 2 heterocycles. The minimum Gasteiger partial charge on any atom is -0.384 e. The van der Waals surface area contributed by atoms with Gasteiger partial charge in [0.1, 0.15) is 11.5 Å². The van der Waals surface area contributed by atoms with Crippen molar-refractivity contribution < 1.29 is 4.74 Å². The minimum absolute atomic E-state index is 0.365. The van der Waals surface area contributed by atoms with Gasteiger partial charge in [-0.2, -0.15) is 0 Å². The molecule has 0 spiro atoms. The van der Waals surface area contributed by atoms with Gasteiger partial charge in [0.25, 0.3) is 0 Å². The number of halogens is 1. The zero-order valence-electron chi connectivity index (χ0n) is 9.22. The number of methoxy groups -OCH3 is 1. The van der Waals surface area contributed by atoms with E-state index < -0.39 is 0 Å². The van der Waals surface area contributed by atoms with Crippen LogP contribution in [0.15, 0.2) is 24.4 Å². The molecule has 0 saturated heterocycles. The first kappa shape index (κ1) is 11.8. The number of anilines is 1. The molecule has 17 heavy (non-hydrogen) atoms. The lowest BCUT2D eigenvalue weighted by Gasteiger charge is -2.05. The average molecular weight is 251 g/mol. The molecule has 0 radical (unpaired) electrons. The molecule has 2 N–H and O–H groups in total. The minimum atomic E-state index is 0.365. The molecule has 88 valence electrons. The van der Waals surface area contributed by atoms with Crippen molar-refractivity contribution in [1.29, 1.82) is 0 Å². The van der Waals surface area contributed by atoms with Crippen LogP contribution in [0, 0.1) is 0 Å². The zero-order chi connectivity index (χ0) is 12.3. The third-order valence-electron chi connectivity index (χ3n) is 2.06. The molecule has 6 heteroatoms. The van der Waals surface area contributed by atoms with Crippen molar-refractivity contribution in [3.05, 3.63) is 35.1 Å². The van der Waals surface area contributed by atoms with Crippen LogP contribution in [-0.4, -0.2) is 22.1 Å². The summed E-state index contributed by atoms with van der Waals surface area (Å²) in [6.07, 6.45) is 1.63. The molecule has 0 bridgehead atoms. The maximum absolute atomic E-state index is 6.03. The monoisotopic (exact) mass is 250 g/mol. The fourth-order valence-corrected chi connectivity index (χ4v) is 1.60. The van der Waals surface area contributed by atoms with Gasteiger partial charge in [-0.25, -0.2) is 9.97 Å². The average Bonchev–Trinajstić information content (AvgIpc) is 2.29. The first-order valence-electron chi connectivity index (χ1n) is 4.94. The van der Waals surface area contributed by atoms with E-state index in [0.717, 1.165) is 0 Å².